The quantitative estimate of drug-likeness (QED) is 0.773. The zero-order valence-corrected chi connectivity index (χ0v) is 11.4. The van der Waals surface area contributed by atoms with Crippen LogP contribution in [-0.4, -0.2) is 37.0 Å². The highest BCUT2D eigenvalue weighted by Crippen LogP contribution is 2.27. The molecule has 5 nitrogen and oxygen atoms in total. The van der Waals surface area contributed by atoms with E-state index in [9.17, 15) is 13.5 Å². The molecule has 1 saturated heterocycles. The topological polar surface area (TPSA) is 83.6 Å². The monoisotopic (exact) mass is 270 g/mol. The van der Waals surface area contributed by atoms with E-state index in [0.717, 1.165) is 5.56 Å². The molecule has 1 aromatic carbocycles. The van der Waals surface area contributed by atoms with Gasteiger partial charge in [-0.25, -0.2) is 8.42 Å². The molecule has 1 heterocycles. The highest BCUT2D eigenvalue weighted by atomic mass is 32.2. The average Bonchev–Trinajstić information content (AvgIpc) is 2.70. The summed E-state index contributed by atoms with van der Waals surface area (Å²) in [6, 6.07) is 3.39. The van der Waals surface area contributed by atoms with Gasteiger partial charge in [-0.3, -0.25) is 0 Å². The van der Waals surface area contributed by atoms with E-state index >= 15 is 0 Å². The minimum atomic E-state index is -3.55. The lowest BCUT2D eigenvalue weighted by Crippen LogP contribution is -2.30. The van der Waals surface area contributed by atoms with Crippen LogP contribution in [0.25, 0.3) is 0 Å². The van der Waals surface area contributed by atoms with Crippen LogP contribution in [0.4, 0.5) is 5.69 Å². The Bertz CT molecular complexity index is 569. The summed E-state index contributed by atoms with van der Waals surface area (Å²) >= 11 is 0. The van der Waals surface area contributed by atoms with Crippen LogP contribution in [0, 0.1) is 13.8 Å². The molecule has 0 amide bonds. The summed E-state index contributed by atoms with van der Waals surface area (Å²) in [5, 5.41) is 9.46. The fraction of sp³-hybridized carbons (Fsp3) is 0.500. The first kappa shape index (κ1) is 13.3. The Morgan fingerprint density at radius 2 is 2.06 bits per heavy atom. The van der Waals surface area contributed by atoms with Crippen LogP contribution >= 0.6 is 0 Å². The van der Waals surface area contributed by atoms with Crippen molar-refractivity contribution in [3.63, 3.8) is 0 Å². The first-order valence-corrected chi connectivity index (χ1v) is 7.31. The molecule has 0 aliphatic carbocycles. The number of hydrogen-bond donors (Lipinski definition) is 2. The SMILES string of the molecule is Cc1cc(N)c(C)c(S(=O)(=O)N2CC[C@H](O)C2)c1. The standard InChI is InChI=1S/C12H18N2O3S/c1-8-5-11(13)9(2)12(6-8)18(16,17)14-4-3-10(15)7-14/h5-6,10,15H,3-4,7,13H2,1-2H3/t10-/m0/s1. The second-order valence-electron chi connectivity index (χ2n) is 4.78. The third-order valence-corrected chi connectivity index (χ3v) is 5.28. The Kier molecular flexibility index (Phi) is 3.35. The number of aliphatic hydroxyl groups is 1. The molecule has 18 heavy (non-hydrogen) atoms. The van der Waals surface area contributed by atoms with Crippen LogP contribution < -0.4 is 5.73 Å². The minimum absolute atomic E-state index is 0.162. The lowest BCUT2D eigenvalue weighted by atomic mass is 10.1. The molecule has 0 unspecified atom stereocenters. The summed E-state index contributed by atoms with van der Waals surface area (Å²) in [7, 11) is -3.55. The van der Waals surface area contributed by atoms with Crippen molar-refractivity contribution in [3.05, 3.63) is 23.3 Å². The predicted molar refractivity (Wildman–Crippen MR) is 69.7 cm³/mol. The summed E-state index contributed by atoms with van der Waals surface area (Å²) in [5.74, 6) is 0. The first-order valence-electron chi connectivity index (χ1n) is 5.87. The molecule has 0 aromatic heterocycles. The van der Waals surface area contributed by atoms with Crippen molar-refractivity contribution in [2.75, 3.05) is 18.8 Å². The molecule has 0 radical (unpaired) electrons. The second kappa shape index (κ2) is 4.53. The van der Waals surface area contributed by atoms with E-state index in [1.165, 1.54) is 4.31 Å². The molecule has 2 rings (SSSR count). The van der Waals surface area contributed by atoms with Gasteiger partial charge in [0.2, 0.25) is 10.0 Å². The summed E-state index contributed by atoms with van der Waals surface area (Å²) in [6.45, 7) is 4.04. The van der Waals surface area contributed by atoms with E-state index in [-0.39, 0.29) is 11.4 Å². The van der Waals surface area contributed by atoms with E-state index in [2.05, 4.69) is 0 Å². The number of aryl methyl sites for hydroxylation is 1. The van der Waals surface area contributed by atoms with Gasteiger partial charge in [-0.15, -0.1) is 0 Å². The van der Waals surface area contributed by atoms with E-state index in [1.54, 1.807) is 19.1 Å². The number of rotatable bonds is 2. The number of sulfonamides is 1. The van der Waals surface area contributed by atoms with E-state index in [1.807, 2.05) is 6.92 Å². The highest BCUT2D eigenvalue weighted by Gasteiger charge is 2.32. The maximum absolute atomic E-state index is 12.5. The van der Waals surface area contributed by atoms with Gasteiger partial charge in [-0.1, -0.05) is 0 Å². The molecule has 1 fully saturated rings. The Balaban J connectivity index is 2.48. The van der Waals surface area contributed by atoms with Crippen LogP contribution in [0.2, 0.25) is 0 Å². The summed E-state index contributed by atoms with van der Waals surface area (Å²) in [4.78, 5) is 0.245. The normalized spacial score (nSPS) is 21.4. The van der Waals surface area contributed by atoms with E-state index in [0.29, 0.717) is 24.2 Å². The molecule has 100 valence electrons. The van der Waals surface area contributed by atoms with Gasteiger partial charge in [0.1, 0.15) is 0 Å². The van der Waals surface area contributed by atoms with Crippen LogP contribution in [0.1, 0.15) is 17.5 Å². The number of anilines is 1. The molecule has 3 N–H and O–H groups in total. The first-order chi connectivity index (χ1) is 8.32. The lowest BCUT2D eigenvalue weighted by molar-refractivity contribution is 0.189. The lowest BCUT2D eigenvalue weighted by Gasteiger charge is -2.18. The van der Waals surface area contributed by atoms with E-state index in [4.69, 9.17) is 5.73 Å². The molecular weight excluding hydrogens is 252 g/mol. The summed E-state index contributed by atoms with van der Waals surface area (Å²) in [6.07, 6.45) is -0.0817. The highest BCUT2D eigenvalue weighted by molar-refractivity contribution is 7.89. The van der Waals surface area contributed by atoms with Crippen LogP contribution in [-0.2, 0) is 10.0 Å². The average molecular weight is 270 g/mol. The Morgan fingerprint density at radius 3 is 2.61 bits per heavy atom. The van der Waals surface area contributed by atoms with Gasteiger partial charge in [-0.05, 0) is 43.5 Å². The van der Waals surface area contributed by atoms with Gasteiger partial charge in [-0.2, -0.15) is 4.31 Å². The van der Waals surface area contributed by atoms with Crippen LogP contribution in [0.5, 0.6) is 0 Å². The van der Waals surface area contributed by atoms with Gasteiger partial charge < -0.3 is 10.8 Å². The number of aliphatic hydroxyl groups excluding tert-OH is 1. The molecule has 0 spiro atoms. The summed E-state index contributed by atoms with van der Waals surface area (Å²) in [5.41, 5.74) is 7.68. The third kappa shape index (κ3) is 2.23. The molecule has 1 aliphatic rings. The zero-order valence-electron chi connectivity index (χ0n) is 10.5. The Labute approximate surface area is 107 Å². The fourth-order valence-corrected chi connectivity index (χ4v) is 4.02. The van der Waals surface area contributed by atoms with Gasteiger partial charge in [0.25, 0.3) is 0 Å². The molecule has 0 saturated carbocycles. The Morgan fingerprint density at radius 1 is 1.39 bits per heavy atom. The van der Waals surface area contributed by atoms with Crippen molar-refractivity contribution in [1.82, 2.24) is 4.31 Å². The third-order valence-electron chi connectivity index (χ3n) is 3.29. The fourth-order valence-electron chi connectivity index (χ4n) is 2.19. The summed E-state index contributed by atoms with van der Waals surface area (Å²) < 4.78 is 26.2. The Hall–Kier alpha value is -1.11. The number of benzene rings is 1. The van der Waals surface area contributed by atoms with Crippen molar-refractivity contribution >= 4 is 15.7 Å². The minimum Gasteiger partial charge on any atom is -0.398 e. The number of β-amino-alcohol motifs (C(OH)–C–C–N with tert-alkyl or cyclic N) is 1. The van der Waals surface area contributed by atoms with Gasteiger partial charge in [0.15, 0.2) is 0 Å². The molecule has 0 bridgehead atoms. The molecule has 1 aromatic rings. The van der Waals surface area contributed by atoms with Crippen molar-refractivity contribution in [2.24, 2.45) is 0 Å². The van der Waals surface area contributed by atoms with Crippen LogP contribution in [0.15, 0.2) is 17.0 Å². The van der Waals surface area contributed by atoms with Crippen molar-refractivity contribution in [2.45, 2.75) is 31.3 Å². The van der Waals surface area contributed by atoms with Gasteiger partial charge >= 0.3 is 0 Å². The van der Waals surface area contributed by atoms with Crippen molar-refractivity contribution < 1.29 is 13.5 Å². The maximum Gasteiger partial charge on any atom is 0.243 e. The number of nitrogens with zero attached hydrogens (tertiary/aromatic N) is 1. The number of nitrogens with two attached hydrogens (primary N) is 1. The van der Waals surface area contributed by atoms with Crippen LogP contribution in [0.3, 0.4) is 0 Å². The van der Waals surface area contributed by atoms with Gasteiger partial charge in [0, 0.05) is 18.8 Å². The van der Waals surface area contributed by atoms with Crippen molar-refractivity contribution in [3.8, 4) is 0 Å². The molecule has 1 aliphatic heterocycles. The smallest absolute Gasteiger partial charge is 0.243 e. The number of hydrogen-bond acceptors (Lipinski definition) is 4. The maximum atomic E-state index is 12.5. The second-order valence-corrected chi connectivity index (χ2v) is 6.69. The molecular formula is C12H18N2O3S. The number of nitrogen functional groups attached to an aromatic ring is 1. The zero-order chi connectivity index (χ0) is 13.5. The largest absolute Gasteiger partial charge is 0.398 e. The van der Waals surface area contributed by atoms with Gasteiger partial charge in [0.05, 0.1) is 11.0 Å². The van der Waals surface area contributed by atoms with Crippen molar-refractivity contribution in [1.29, 1.82) is 0 Å². The molecule has 1 atom stereocenters. The predicted octanol–water partition coefficient (Wildman–Crippen LogP) is 0.641. The molecule has 6 heteroatoms. The van der Waals surface area contributed by atoms with E-state index < -0.39 is 16.1 Å².